The zero-order valence-electron chi connectivity index (χ0n) is 10.2. The van der Waals surface area contributed by atoms with E-state index in [0.29, 0.717) is 12.0 Å². The summed E-state index contributed by atoms with van der Waals surface area (Å²) in [6.45, 7) is 1.34. The minimum Gasteiger partial charge on any atom is -0.386 e. The lowest BCUT2D eigenvalue weighted by atomic mass is 10.0. The predicted octanol–water partition coefficient (Wildman–Crippen LogP) is 3.47. The molecular weight excluding hydrogens is 245 g/mol. The molecule has 0 saturated carbocycles. The highest BCUT2D eigenvalue weighted by Crippen LogP contribution is 2.24. The molecule has 0 bridgehead atoms. The molecule has 2 unspecified atom stereocenters. The van der Waals surface area contributed by atoms with E-state index in [1.165, 1.54) is 0 Å². The summed E-state index contributed by atoms with van der Waals surface area (Å²) in [4.78, 5) is 0. The van der Waals surface area contributed by atoms with Crippen molar-refractivity contribution in [1.29, 1.82) is 0 Å². The Morgan fingerprint density at radius 3 is 2.33 bits per heavy atom. The molecule has 0 saturated heterocycles. The number of alkyl halides is 3. The zero-order chi connectivity index (χ0) is 13.6. The smallest absolute Gasteiger partial charge is 0.386 e. The van der Waals surface area contributed by atoms with E-state index in [9.17, 15) is 18.3 Å². The van der Waals surface area contributed by atoms with Gasteiger partial charge in [-0.05, 0) is 12.0 Å². The monoisotopic (exact) mass is 262 g/mol. The highest BCUT2D eigenvalue weighted by Gasteiger charge is 2.28. The van der Waals surface area contributed by atoms with Gasteiger partial charge in [-0.2, -0.15) is 13.2 Å². The summed E-state index contributed by atoms with van der Waals surface area (Å²) in [6, 6.07) is 8.78. The van der Waals surface area contributed by atoms with Crippen LogP contribution in [0, 0.1) is 0 Å². The largest absolute Gasteiger partial charge is 0.391 e. The second kappa shape index (κ2) is 6.75. The molecule has 0 amide bonds. The fourth-order valence-corrected chi connectivity index (χ4v) is 1.62. The van der Waals surface area contributed by atoms with E-state index in [1.807, 2.05) is 6.07 Å². The Kier molecular flexibility index (Phi) is 5.62. The molecule has 2 atom stereocenters. The average Bonchev–Trinajstić information content (AvgIpc) is 2.34. The van der Waals surface area contributed by atoms with E-state index in [0.717, 1.165) is 0 Å². The standard InChI is InChI=1S/C13H17F3O2/c1-2-11(18-9-8-13(14,15)16)12(17)10-6-4-3-5-7-10/h3-7,11-12,17H,2,8-9H2,1H3. The van der Waals surface area contributed by atoms with E-state index >= 15 is 0 Å². The number of aliphatic hydroxyl groups excluding tert-OH is 1. The molecule has 0 aliphatic rings. The van der Waals surface area contributed by atoms with Crippen molar-refractivity contribution >= 4 is 0 Å². The number of aliphatic hydroxyl groups is 1. The van der Waals surface area contributed by atoms with Gasteiger partial charge in [-0.3, -0.25) is 0 Å². The first-order chi connectivity index (χ1) is 8.44. The normalized spacial score (nSPS) is 15.4. The maximum absolute atomic E-state index is 12.0. The van der Waals surface area contributed by atoms with Crippen LogP contribution in [0.5, 0.6) is 0 Å². The lowest BCUT2D eigenvalue weighted by molar-refractivity contribution is -0.154. The molecule has 5 heteroatoms. The quantitative estimate of drug-likeness (QED) is 0.850. The van der Waals surface area contributed by atoms with Crippen LogP contribution in [0.2, 0.25) is 0 Å². The van der Waals surface area contributed by atoms with E-state index in [4.69, 9.17) is 4.74 Å². The molecule has 102 valence electrons. The summed E-state index contributed by atoms with van der Waals surface area (Å²) in [5, 5.41) is 10.0. The Hall–Kier alpha value is -1.07. The van der Waals surface area contributed by atoms with Gasteiger partial charge in [0.25, 0.3) is 0 Å². The SMILES string of the molecule is CCC(OCCC(F)(F)F)C(O)c1ccccc1. The lowest BCUT2D eigenvalue weighted by Crippen LogP contribution is -2.24. The number of ether oxygens (including phenoxy) is 1. The second-order valence-electron chi connectivity index (χ2n) is 4.04. The first-order valence-electron chi connectivity index (χ1n) is 5.85. The Bertz CT molecular complexity index is 338. The maximum Gasteiger partial charge on any atom is 0.391 e. The zero-order valence-corrected chi connectivity index (χ0v) is 10.2. The third kappa shape index (κ3) is 5.06. The van der Waals surface area contributed by atoms with Crippen molar-refractivity contribution < 1.29 is 23.0 Å². The number of hydrogen-bond donors (Lipinski definition) is 1. The van der Waals surface area contributed by atoms with Crippen molar-refractivity contribution in [2.75, 3.05) is 6.61 Å². The van der Waals surface area contributed by atoms with Crippen LogP contribution in [0.4, 0.5) is 13.2 Å². The van der Waals surface area contributed by atoms with Crippen molar-refractivity contribution in [1.82, 2.24) is 0 Å². The van der Waals surface area contributed by atoms with Crippen LogP contribution in [-0.4, -0.2) is 24.0 Å². The van der Waals surface area contributed by atoms with Crippen LogP contribution < -0.4 is 0 Å². The first-order valence-corrected chi connectivity index (χ1v) is 5.85. The minimum absolute atomic E-state index is 0.425. The van der Waals surface area contributed by atoms with Gasteiger partial charge in [-0.25, -0.2) is 0 Å². The average molecular weight is 262 g/mol. The molecule has 0 fully saturated rings. The fourth-order valence-electron chi connectivity index (χ4n) is 1.62. The Balaban J connectivity index is 2.51. The number of benzene rings is 1. The molecule has 1 rings (SSSR count). The number of rotatable bonds is 6. The summed E-state index contributed by atoms with van der Waals surface area (Å²) in [5.41, 5.74) is 0.649. The first kappa shape index (κ1) is 15.0. The molecule has 18 heavy (non-hydrogen) atoms. The van der Waals surface area contributed by atoms with Crippen molar-refractivity contribution in [3.8, 4) is 0 Å². The van der Waals surface area contributed by atoms with Crippen molar-refractivity contribution in [2.45, 2.75) is 38.1 Å². The van der Waals surface area contributed by atoms with Crippen molar-refractivity contribution in [3.63, 3.8) is 0 Å². The molecule has 2 nitrogen and oxygen atoms in total. The molecule has 1 aromatic rings. The minimum atomic E-state index is -4.23. The van der Waals surface area contributed by atoms with Crippen LogP contribution in [0.3, 0.4) is 0 Å². The summed E-state index contributed by atoms with van der Waals surface area (Å²) in [6.07, 6.45) is -6.28. The topological polar surface area (TPSA) is 29.5 Å². The molecule has 0 spiro atoms. The van der Waals surface area contributed by atoms with E-state index in [2.05, 4.69) is 0 Å². The predicted molar refractivity (Wildman–Crippen MR) is 62.1 cm³/mol. The third-order valence-corrected chi connectivity index (χ3v) is 2.61. The van der Waals surface area contributed by atoms with Crippen molar-refractivity contribution in [3.05, 3.63) is 35.9 Å². The fraction of sp³-hybridized carbons (Fsp3) is 0.538. The molecule has 0 aliphatic carbocycles. The molecule has 0 heterocycles. The van der Waals surface area contributed by atoms with Crippen LogP contribution in [0.15, 0.2) is 30.3 Å². The molecule has 0 aliphatic heterocycles. The maximum atomic E-state index is 12.0. The summed E-state index contributed by atoms with van der Waals surface area (Å²) in [7, 11) is 0. The van der Waals surface area contributed by atoms with Crippen LogP contribution in [-0.2, 0) is 4.74 Å². The molecule has 0 radical (unpaired) electrons. The number of halogens is 3. The Labute approximate surface area is 104 Å². The highest BCUT2D eigenvalue weighted by molar-refractivity contribution is 5.18. The number of hydrogen-bond acceptors (Lipinski definition) is 2. The van der Waals surface area contributed by atoms with Gasteiger partial charge in [0.05, 0.1) is 19.1 Å². The van der Waals surface area contributed by atoms with Crippen LogP contribution in [0.25, 0.3) is 0 Å². The van der Waals surface area contributed by atoms with Gasteiger partial charge in [0.15, 0.2) is 0 Å². The Morgan fingerprint density at radius 1 is 1.22 bits per heavy atom. The lowest BCUT2D eigenvalue weighted by Gasteiger charge is -2.22. The summed E-state index contributed by atoms with van der Waals surface area (Å²) < 4.78 is 41.1. The third-order valence-electron chi connectivity index (χ3n) is 2.61. The van der Waals surface area contributed by atoms with Crippen LogP contribution in [0.1, 0.15) is 31.4 Å². The van der Waals surface area contributed by atoms with Gasteiger partial charge >= 0.3 is 6.18 Å². The summed E-state index contributed by atoms with van der Waals surface area (Å²) in [5.74, 6) is 0. The van der Waals surface area contributed by atoms with Crippen LogP contribution >= 0.6 is 0 Å². The molecule has 1 N–H and O–H groups in total. The van der Waals surface area contributed by atoms with E-state index in [1.54, 1.807) is 31.2 Å². The van der Waals surface area contributed by atoms with Crippen molar-refractivity contribution in [2.24, 2.45) is 0 Å². The second-order valence-corrected chi connectivity index (χ2v) is 4.04. The van der Waals surface area contributed by atoms with Gasteiger partial charge in [0.2, 0.25) is 0 Å². The van der Waals surface area contributed by atoms with E-state index in [-0.39, 0.29) is 0 Å². The van der Waals surface area contributed by atoms with Gasteiger partial charge in [0.1, 0.15) is 6.10 Å². The van der Waals surface area contributed by atoms with Gasteiger partial charge in [0, 0.05) is 0 Å². The van der Waals surface area contributed by atoms with Gasteiger partial charge in [-0.1, -0.05) is 37.3 Å². The van der Waals surface area contributed by atoms with Gasteiger partial charge in [-0.15, -0.1) is 0 Å². The van der Waals surface area contributed by atoms with Gasteiger partial charge < -0.3 is 9.84 Å². The highest BCUT2D eigenvalue weighted by atomic mass is 19.4. The van der Waals surface area contributed by atoms with E-state index < -0.39 is 31.4 Å². The molecule has 1 aromatic carbocycles. The molecular formula is C13H17F3O2. The molecule has 0 aromatic heterocycles. The Morgan fingerprint density at radius 2 is 1.83 bits per heavy atom. The summed E-state index contributed by atoms with van der Waals surface area (Å²) >= 11 is 0.